The Morgan fingerprint density at radius 1 is 1.00 bits per heavy atom. The zero-order valence-electron chi connectivity index (χ0n) is 15.3. The van der Waals surface area contributed by atoms with Gasteiger partial charge in [0, 0.05) is 24.0 Å². The van der Waals surface area contributed by atoms with E-state index < -0.39 is 29.6 Å². The molecule has 4 N–H and O–H groups in total. The van der Waals surface area contributed by atoms with Gasteiger partial charge in [0.25, 0.3) is 0 Å². The van der Waals surface area contributed by atoms with E-state index in [1.165, 1.54) is 24.4 Å². The summed E-state index contributed by atoms with van der Waals surface area (Å²) in [6.07, 6.45) is -6.70. The molecule has 0 saturated heterocycles. The van der Waals surface area contributed by atoms with Crippen LogP contribution in [0.1, 0.15) is 17.0 Å². The first-order chi connectivity index (χ1) is 14.4. The number of nitrogens with two attached hydrogens (primary N) is 2. The number of benzene rings is 1. The molecule has 6 nitrogen and oxygen atoms in total. The van der Waals surface area contributed by atoms with Crippen LogP contribution in [0.4, 0.5) is 36.4 Å². The molecule has 164 valence electrons. The molecule has 0 aliphatic heterocycles. The molecule has 13 heteroatoms. The molecule has 0 saturated carbocycles. The Hall–Kier alpha value is -3.61. The maximum atomic E-state index is 13.7. The lowest BCUT2D eigenvalue weighted by Gasteiger charge is -2.16. The molecule has 3 rings (SSSR count). The van der Waals surface area contributed by atoms with Gasteiger partial charge in [0.15, 0.2) is 11.5 Å². The number of pyridine rings is 1. The van der Waals surface area contributed by atoms with Gasteiger partial charge in [-0.05, 0) is 30.3 Å². The molecular weight excluding hydrogens is 433 g/mol. The highest BCUT2D eigenvalue weighted by Gasteiger charge is 2.42. The highest BCUT2D eigenvalue weighted by Crippen LogP contribution is 2.36. The summed E-state index contributed by atoms with van der Waals surface area (Å²) in [5.74, 6) is 5.12. The number of rotatable bonds is 4. The number of halogens is 7. The fourth-order valence-electron chi connectivity index (χ4n) is 2.59. The van der Waals surface area contributed by atoms with E-state index >= 15 is 0 Å². The van der Waals surface area contributed by atoms with Gasteiger partial charge < -0.3 is 5.73 Å². The lowest BCUT2D eigenvalue weighted by atomic mass is 10.2. The van der Waals surface area contributed by atoms with Gasteiger partial charge in [0.2, 0.25) is 0 Å². The van der Waals surface area contributed by atoms with Crippen LogP contribution < -0.4 is 16.6 Å². The number of hydrogen-bond acceptors (Lipinski definition) is 5. The number of hydrogen-bond donors (Lipinski definition) is 2. The molecule has 0 atom stereocenters. The summed E-state index contributed by atoms with van der Waals surface area (Å²) < 4.78 is 91.9. The monoisotopic (exact) mass is 446 g/mol. The molecule has 0 fully saturated rings. The van der Waals surface area contributed by atoms with Crippen LogP contribution in [0.5, 0.6) is 0 Å². The number of hydrazine groups is 1. The number of nitrogens with zero attached hydrogens (tertiary/aromatic N) is 4. The van der Waals surface area contributed by atoms with Crippen molar-refractivity contribution in [3.05, 3.63) is 77.8 Å². The predicted molar refractivity (Wildman–Crippen MR) is 96.6 cm³/mol. The van der Waals surface area contributed by atoms with Gasteiger partial charge in [-0.3, -0.25) is 9.99 Å². The Labute approximate surface area is 170 Å². The largest absolute Gasteiger partial charge is 0.435 e. The fraction of sp³-hybridized carbons (Fsp3) is 0.111. The summed E-state index contributed by atoms with van der Waals surface area (Å²) in [5.41, 5.74) is 2.41. The first-order valence-corrected chi connectivity index (χ1v) is 8.34. The van der Waals surface area contributed by atoms with Crippen LogP contribution in [0.2, 0.25) is 0 Å². The highest BCUT2D eigenvalue weighted by atomic mass is 19.4. The normalized spacial score (nSPS) is 12.8. The van der Waals surface area contributed by atoms with E-state index in [1.807, 2.05) is 0 Å². The van der Waals surface area contributed by atoms with E-state index in [4.69, 9.17) is 11.6 Å². The molecule has 0 radical (unpaired) electrons. The van der Waals surface area contributed by atoms with Gasteiger partial charge in [-0.1, -0.05) is 0 Å². The molecular formula is C18H13F7N6. The number of alkyl halides is 6. The van der Waals surface area contributed by atoms with Crippen molar-refractivity contribution in [2.75, 3.05) is 5.01 Å². The minimum Gasteiger partial charge on any atom is -0.397 e. The summed E-state index contributed by atoms with van der Waals surface area (Å²) in [6, 6.07) is 5.89. The first kappa shape index (κ1) is 22.1. The van der Waals surface area contributed by atoms with Gasteiger partial charge in [0.05, 0.1) is 23.3 Å². The lowest BCUT2D eigenvalue weighted by molar-refractivity contribution is -0.143. The summed E-state index contributed by atoms with van der Waals surface area (Å²) in [5, 5.41) is 4.00. The quantitative estimate of drug-likeness (QED) is 0.358. The summed E-state index contributed by atoms with van der Waals surface area (Å²) in [7, 11) is 0. The first-order valence-electron chi connectivity index (χ1n) is 8.34. The van der Waals surface area contributed by atoms with E-state index in [0.29, 0.717) is 0 Å². The molecule has 0 spiro atoms. The van der Waals surface area contributed by atoms with Crippen LogP contribution in [0.15, 0.2) is 55.0 Å². The average molecular weight is 446 g/mol. The molecule has 31 heavy (non-hydrogen) atoms. The van der Waals surface area contributed by atoms with Crippen LogP contribution >= 0.6 is 0 Å². The van der Waals surface area contributed by atoms with Gasteiger partial charge in [-0.25, -0.2) is 14.9 Å². The van der Waals surface area contributed by atoms with Crippen molar-refractivity contribution in [2.45, 2.75) is 12.4 Å². The topological polar surface area (TPSA) is 86.0 Å². The molecule has 1 aromatic carbocycles. The molecule has 0 bridgehead atoms. The van der Waals surface area contributed by atoms with Crippen molar-refractivity contribution in [3.8, 4) is 5.69 Å². The van der Waals surface area contributed by atoms with E-state index in [9.17, 15) is 30.7 Å². The molecule has 2 heterocycles. The average Bonchev–Trinajstić information content (AvgIpc) is 3.15. The van der Waals surface area contributed by atoms with Crippen molar-refractivity contribution < 1.29 is 30.7 Å². The molecule has 3 aromatic rings. The van der Waals surface area contributed by atoms with E-state index in [0.717, 1.165) is 29.5 Å². The molecule has 2 aromatic heterocycles. The maximum Gasteiger partial charge on any atom is 0.435 e. The Morgan fingerprint density at radius 2 is 1.65 bits per heavy atom. The minimum atomic E-state index is -5.07. The maximum absolute atomic E-state index is 13.7. The van der Waals surface area contributed by atoms with Crippen LogP contribution in [0.3, 0.4) is 0 Å². The van der Waals surface area contributed by atoms with Gasteiger partial charge in [-0.15, -0.1) is 0 Å². The standard InChI is InChI=1S/C18H13F7N6/c19-13-8-28-6-5-12(13)14(26)9-30(27)10-1-3-11(4-2-10)31-16(18(23,24)25)7-15(29-31)17(20,21)22/h1-9H,26-27H2/b14-9-. The lowest BCUT2D eigenvalue weighted by Crippen LogP contribution is -2.25. The molecule has 0 aliphatic rings. The van der Waals surface area contributed by atoms with Crippen molar-refractivity contribution >= 4 is 11.4 Å². The summed E-state index contributed by atoms with van der Waals surface area (Å²) in [6.45, 7) is 0. The predicted octanol–water partition coefficient (Wildman–Crippen LogP) is 4.08. The van der Waals surface area contributed by atoms with Crippen LogP contribution in [-0.2, 0) is 12.4 Å². The summed E-state index contributed by atoms with van der Waals surface area (Å²) in [4.78, 5) is 3.58. The van der Waals surface area contributed by atoms with Crippen molar-refractivity contribution in [2.24, 2.45) is 11.6 Å². The summed E-state index contributed by atoms with van der Waals surface area (Å²) >= 11 is 0. The number of anilines is 1. The second-order valence-electron chi connectivity index (χ2n) is 6.19. The molecule has 0 unspecified atom stereocenters. The third kappa shape index (κ3) is 4.77. The Balaban J connectivity index is 1.92. The van der Waals surface area contributed by atoms with E-state index in [2.05, 4.69) is 10.1 Å². The number of aromatic nitrogens is 3. The third-order valence-corrected chi connectivity index (χ3v) is 4.04. The van der Waals surface area contributed by atoms with Gasteiger partial charge in [0.1, 0.15) is 5.69 Å². The van der Waals surface area contributed by atoms with Crippen LogP contribution in [0.25, 0.3) is 11.4 Å². The van der Waals surface area contributed by atoms with Crippen LogP contribution in [0, 0.1) is 5.82 Å². The van der Waals surface area contributed by atoms with Crippen molar-refractivity contribution in [1.82, 2.24) is 14.8 Å². The minimum absolute atomic E-state index is 0.0214. The van der Waals surface area contributed by atoms with Gasteiger partial charge in [-0.2, -0.15) is 31.4 Å². The molecule has 0 aliphatic carbocycles. The zero-order chi connectivity index (χ0) is 23.0. The van der Waals surface area contributed by atoms with E-state index in [-0.39, 0.29) is 33.4 Å². The Bertz CT molecular complexity index is 1100. The third-order valence-electron chi connectivity index (χ3n) is 4.04. The second-order valence-corrected chi connectivity index (χ2v) is 6.19. The Morgan fingerprint density at radius 3 is 2.19 bits per heavy atom. The zero-order valence-corrected chi connectivity index (χ0v) is 15.3. The van der Waals surface area contributed by atoms with Crippen molar-refractivity contribution in [3.63, 3.8) is 0 Å². The van der Waals surface area contributed by atoms with Gasteiger partial charge >= 0.3 is 12.4 Å². The Kier molecular flexibility index (Phi) is 5.63. The van der Waals surface area contributed by atoms with Crippen LogP contribution in [-0.4, -0.2) is 14.8 Å². The highest BCUT2D eigenvalue weighted by molar-refractivity contribution is 5.66. The SMILES string of the molecule is N/C(=C\N(N)c1ccc(-n2nc(C(F)(F)F)cc2C(F)(F)F)cc1)c1ccncc1F. The fourth-order valence-corrected chi connectivity index (χ4v) is 2.59. The second kappa shape index (κ2) is 7.91. The van der Waals surface area contributed by atoms with Crippen molar-refractivity contribution in [1.29, 1.82) is 0 Å². The van der Waals surface area contributed by atoms with E-state index in [1.54, 1.807) is 0 Å². The smallest absolute Gasteiger partial charge is 0.397 e. The molecule has 0 amide bonds.